The molecule has 0 aliphatic heterocycles. The Morgan fingerprint density at radius 3 is 2.33 bits per heavy atom. The highest BCUT2D eigenvalue weighted by atomic mass is 19.1. The van der Waals surface area contributed by atoms with E-state index < -0.39 is 0 Å². The highest BCUT2D eigenvalue weighted by Gasteiger charge is 2.06. The number of rotatable bonds is 9. The summed E-state index contributed by atoms with van der Waals surface area (Å²) < 4.78 is 14.7. The van der Waals surface area contributed by atoms with Crippen LogP contribution in [0.2, 0.25) is 0 Å². The van der Waals surface area contributed by atoms with Gasteiger partial charge in [0, 0.05) is 5.56 Å². The van der Waals surface area contributed by atoms with Crippen molar-refractivity contribution >= 4 is 12.4 Å². The normalized spacial score (nSPS) is 11.6. The van der Waals surface area contributed by atoms with Gasteiger partial charge in [0.1, 0.15) is 5.82 Å². The Hall–Kier alpha value is -3.07. The predicted molar refractivity (Wildman–Crippen MR) is 126 cm³/mol. The van der Waals surface area contributed by atoms with E-state index in [0.717, 1.165) is 23.1 Å². The third-order valence-electron chi connectivity index (χ3n) is 5.24. The molecule has 0 radical (unpaired) electrons. The van der Waals surface area contributed by atoms with E-state index in [1.165, 1.54) is 37.3 Å². The Morgan fingerprint density at radius 2 is 1.60 bits per heavy atom. The largest absolute Gasteiger partial charge is 0.206 e. The smallest absolute Gasteiger partial charge is 0.131 e. The first-order valence-electron chi connectivity index (χ1n) is 10.7. The first-order valence-corrected chi connectivity index (χ1v) is 10.7. The van der Waals surface area contributed by atoms with Crippen molar-refractivity contribution in [2.45, 2.75) is 46.0 Å². The maximum absolute atomic E-state index is 14.7. The van der Waals surface area contributed by atoms with Crippen LogP contribution in [0.4, 0.5) is 4.39 Å². The highest BCUT2D eigenvalue weighted by molar-refractivity contribution is 5.84. The molecule has 3 aromatic carbocycles. The second-order valence-corrected chi connectivity index (χ2v) is 7.59. The van der Waals surface area contributed by atoms with Gasteiger partial charge in [-0.1, -0.05) is 86.8 Å². The quantitative estimate of drug-likeness (QED) is 0.203. The van der Waals surface area contributed by atoms with Crippen LogP contribution in [-0.2, 0) is 6.42 Å². The molecule has 0 aromatic heterocycles. The molecule has 0 bridgehead atoms. The number of hydrogen-bond acceptors (Lipinski definition) is 2. The molecule has 0 atom stereocenters. The van der Waals surface area contributed by atoms with Gasteiger partial charge >= 0.3 is 0 Å². The predicted octanol–water partition coefficient (Wildman–Crippen LogP) is 7.38. The molecule has 30 heavy (non-hydrogen) atoms. The summed E-state index contributed by atoms with van der Waals surface area (Å²) in [6.45, 7) is 4.25. The van der Waals surface area contributed by atoms with Gasteiger partial charge in [0.2, 0.25) is 0 Å². The van der Waals surface area contributed by atoms with Gasteiger partial charge in [-0.3, -0.25) is 0 Å². The summed E-state index contributed by atoms with van der Waals surface area (Å²) in [5.74, 6) is -0.252. The summed E-state index contributed by atoms with van der Waals surface area (Å²) >= 11 is 0. The average molecular weight is 401 g/mol. The van der Waals surface area contributed by atoms with E-state index >= 15 is 0 Å². The number of halogens is 1. The molecule has 0 N–H and O–H groups in total. The summed E-state index contributed by atoms with van der Waals surface area (Å²) in [5.41, 5.74) is 5.65. The van der Waals surface area contributed by atoms with E-state index in [0.29, 0.717) is 11.1 Å². The zero-order valence-corrected chi connectivity index (χ0v) is 17.8. The Kier molecular flexibility index (Phi) is 8.08. The SMILES string of the molecule is CCCCCCc1ccc(-c2ccc(C=NN=Cc3ccccc3C)cc2F)cc1. The molecule has 3 aromatic rings. The number of unbranched alkanes of at least 4 members (excludes halogenated alkanes) is 3. The lowest BCUT2D eigenvalue weighted by atomic mass is 10.00. The molecule has 0 amide bonds. The summed E-state index contributed by atoms with van der Waals surface area (Å²) in [4.78, 5) is 0. The zero-order valence-electron chi connectivity index (χ0n) is 17.8. The van der Waals surface area contributed by atoms with E-state index in [-0.39, 0.29) is 5.82 Å². The molecule has 0 saturated carbocycles. The first kappa shape index (κ1) is 21.6. The maximum atomic E-state index is 14.7. The monoisotopic (exact) mass is 400 g/mol. The molecule has 0 fully saturated rings. The van der Waals surface area contributed by atoms with Crippen molar-refractivity contribution in [3.63, 3.8) is 0 Å². The van der Waals surface area contributed by atoms with Gasteiger partial charge in [-0.25, -0.2) is 4.39 Å². The standard InChI is InChI=1S/C27H29FN2/c1-3-4-5-6-10-22-12-15-24(16-13-22)26-17-14-23(18-27(26)28)19-29-30-20-25-11-8-7-9-21(25)2/h7-9,11-20H,3-6,10H2,1-2H3. The molecule has 0 unspecified atom stereocenters. The van der Waals surface area contributed by atoms with Gasteiger partial charge in [0.25, 0.3) is 0 Å². The highest BCUT2D eigenvalue weighted by Crippen LogP contribution is 2.24. The fourth-order valence-electron chi connectivity index (χ4n) is 3.38. The molecular weight excluding hydrogens is 371 g/mol. The van der Waals surface area contributed by atoms with E-state index in [9.17, 15) is 4.39 Å². The number of benzene rings is 3. The topological polar surface area (TPSA) is 24.7 Å². The van der Waals surface area contributed by atoms with Crippen molar-refractivity contribution in [2.75, 3.05) is 0 Å². The lowest BCUT2D eigenvalue weighted by molar-refractivity contribution is 0.631. The van der Waals surface area contributed by atoms with Crippen molar-refractivity contribution in [2.24, 2.45) is 10.2 Å². The Bertz CT molecular complexity index is 1000. The third-order valence-corrected chi connectivity index (χ3v) is 5.24. The number of hydrogen-bond donors (Lipinski definition) is 0. The average Bonchev–Trinajstić information content (AvgIpc) is 2.76. The molecule has 2 nitrogen and oxygen atoms in total. The lowest BCUT2D eigenvalue weighted by Gasteiger charge is -2.06. The van der Waals surface area contributed by atoms with Crippen LogP contribution in [0.1, 0.15) is 54.9 Å². The van der Waals surface area contributed by atoms with Gasteiger partial charge in [0.05, 0.1) is 12.4 Å². The van der Waals surface area contributed by atoms with E-state index in [1.54, 1.807) is 18.5 Å². The van der Waals surface area contributed by atoms with Crippen LogP contribution in [0.25, 0.3) is 11.1 Å². The van der Waals surface area contributed by atoms with Crippen molar-refractivity contribution in [3.8, 4) is 11.1 Å². The van der Waals surface area contributed by atoms with Crippen LogP contribution < -0.4 is 0 Å². The van der Waals surface area contributed by atoms with Crippen LogP contribution in [0.3, 0.4) is 0 Å². The number of nitrogens with zero attached hydrogens (tertiary/aromatic N) is 2. The fourth-order valence-corrected chi connectivity index (χ4v) is 3.38. The van der Waals surface area contributed by atoms with Crippen LogP contribution in [0.15, 0.2) is 76.9 Å². The molecule has 0 heterocycles. The molecule has 0 aliphatic carbocycles. The van der Waals surface area contributed by atoms with E-state index in [4.69, 9.17) is 0 Å². The van der Waals surface area contributed by atoms with Crippen LogP contribution in [0, 0.1) is 12.7 Å². The molecule has 0 spiro atoms. The van der Waals surface area contributed by atoms with Gasteiger partial charge in [-0.2, -0.15) is 10.2 Å². The molecule has 0 saturated heterocycles. The summed E-state index contributed by atoms with van der Waals surface area (Å²) in [5, 5.41) is 8.13. The molecule has 3 heteroatoms. The summed E-state index contributed by atoms with van der Waals surface area (Å²) in [6, 6.07) is 21.4. The maximum Gasteiger partial charge on any atom is 0.131 e. The minimum Gasteiger partial charge on any atom is -0.206 e. The molecule has 154 valence electrons. The van der Waals surface area contributed by atoms with Gasteiger partial charge in [0.15, 0.2) is 0 Å². The summed E-state index contributed by atoms with van der Waals surface area (Å²) in [7, 11) is 0. The van der Waals surface area contributed by atoms with Crippen molar-refractivity contribution in [1.29, 1.82) is 0 Å². The minimum absolute atomic E-state index is 0.252. The zero-order chi connectivity index (χ0) is 21.2. The Balaban J connectivity index is 1.63. The van der Waals surface area contributed by atoms with Gasteiger partial charge < -0.3 is 0 Å². The summed E-state index contributed by atoms with van der Waals surface area (Å²) in [6.07, 6.45) is 9.38. The van der Waals surface area contributed by atoms with Crippen LogP contribution in [0.5, 0.6) is 0 Å². The lowest BCUT2D eigenvalue weighted by Crippen LogP contribution is -1.90. The molecular formula is C27H29FN2. The van der Waals surface area contributed by atoms with Crippen molar-refractivity contribution in [1.82, 2.24) is 0 Å². The van der Waals surface area contributed by atoms with Crippen LogP contribution in [-0.4, -0.2) is 12.4 Å². The number of aryl methyl sites for hydroxylation is 2. The van der Waals surface area contributed by atoms with Crippen molar-refractivity contribution in [3.05, 3.63) is 94.8 Å². The van der Waals surface area contributed by atoms with E-state index in [1.807, 2.05) is 49.4 Å². The van der Waals surface area contributed by atoms with Gasteiger partial charge in [-0.15, -0.1) is 0 Å². The van der Waals surface area contributed by atoms with Gasteiger partial charge in [-0.05, 0) is 53.6 Å². The third kappa shape index (κ3) is 6.21. The van der Waals surface area contributed by atoms with Crippen molar-refractivity contribution < 1.29 is 4.39 Å². The second-order valence-electron chi connectivity index (χ2n) is 7.59. The Morgan fingerprint density at radius 1 is 0.833 bits per heavy atom. The molecule has 0 aliphatic rings. The Labute approximate surface area is 179 Å². The van der Waals surface area contributed by atoms with Crippen LogP contribution >= 0.6 is 0 Å². The van der Waals surface area contributed by atoms with E-state index in [2.05, 4.69) is 29.3 Å². The molecule has 3 rings (SSSR count). The first-order chi connectivity index (χ1) is 14.7. The fraction of sp³-hybridized carbons (Fsp3) is 0.259. The minimum atomic E-state index is -0.252. The second kappa shape index (κ2) is 11.2.